The number of nitrogens with two attached hydrogens (primary N) is 1. The van der Waals surface area contributed by atoms with E-state index < -0.39 is 5.56 Å². The van der Waals surface area contributed by atoms with Crippen molar-refractivity contribution >= 4 is 34.3 Å². The van der Waals surface area contributed by atoms with E-state index in [0.717, 1.165) is 16.6 Å². The van der Waals surface area contributed by atoms with Crippen molar-refractivity contribution in [3.63, 3.8) is 0 Å². The first-order valence-corrected chi connectivity index (χ1v) is 8.45. The quantitative estimate of drug-likeness (QED) is 0.393. The van der Waals surface area contributed by atoms with Crippen molar-refractivity contribution in [2.24, 2.45) is 0 Å². The van der Waals surface area contributed by atoms with Crippen molar-refractivity contribution in [1.82, 2.24) is 19.9 Å². The fourth-order valence-corrected chi connectivity index (χ4v) is 2.59. The van der Waals surface area contributed by atoms with Crippen molar-refractivity contribution < 1.29 is 4.74 Å². The molecule has 0 bridgehead atoms. The summed E-state index contributed by atoms with van der Waals surface area (Å²) in [5.41, 5.74) is 8.76. The number of aromatic amines is 2. The molecule has 0 atom stereocenters. The molecule has 9 heteroatoms. The second-order valence-corrected chi connectivity index (χ2v) is 6.23. The van der Waals surface area contributed by atoms with E-state index in [1.165, 1.54) is 6.20 Å². The van der Waals surface area contributed by atoms with Gasteiger partial charge in [-0.3, -0.25) is 9.78 Å². The Balaban J connectivity index is 1.41. The number of rotatable bonds is 5. The van der Waals surface area contributed by atoms with E-state index in [0.29, 0.717) is 23.9 Å². The minimum atomic E-state index is -0.449. The largest absolute Gasteiger partial charge is 0.426 e. The maximum atomic E-state index is 11.5. The van der Waals surface area contributed by atoms with Crippen molar-refractivity contribution in [1.29, 1.82) is 0 Å². The van der Waals surface area contributed by atoms with Gasteiger partial charge in [0.1, 0.15) is 10.8 Å². The molecule has 8 nitrogen and oxygen atoms in total. The third-order valence-corrected chi connectivity index (χ3v) is 4.11. The highest BCUT2D eigenvalue weighted by Crippen LogP contribution is 2.20. The molecular formula is C18H15ClN6O2. The summed E-state index contributed by atoms with van der Waals surface area (Å²) in [7, 11) is 0. The molecule has 2 aromatic carbocycles. The molecule has 2 heterocycles. The van der Waals surface area contributed by atoms with Crippen LogP contribution in [-0.2, 0) is 6.54 Å². The average molecular weight is 383 g/mol. The van der Waals surface area contributed by atoms with E-state index in [9.17, 15) is 4.79 Å². The molecule has 27 heavy (non-hydrogen) atoms. The highest BCUT2D eigenvalue weighted by Gasteiger charge is 2.05. The van der Waals surface area contributed by atoms with Gasteiger partial charge in [0.2, 0.25) is 5.95 Å². The monoisotopic (exact) mass is 382 g/mol. The van der Waals surface area contributed by atoms with Gasteiger partial charge in [0.25, 0.3) is 5.56 Å². The summed E-state index contributed by atoms with van der Waals surface area (Å²) in [4.78, 5) is 25.5. The van der Waals surface area contributed by atoms with E-state index in [-0.39, 0.29) is 11.0 Å². The van der Waals surface area contributed by atoms with Gasteiger partial charge >= 0.3 is 6.01 Å². The normalized spacial score (nSPS) is 10.9. The number of halogens is 1. The topological polar surface area (TPSA) is 122 Å². The Morgan fingerprint density at radius 1 is 1.15 bits per heavy atom. The van der Waals surface area contributed by atoms with Crippen molar-refractivity contribution in [2.75, 3.05) is 11.1 Å². The number of hydrogen-bond acceptors (Lipinski definition) is 6. The summed E-state index contributed by atoms with van der Waals surface area (Å²) in [6.07, 6.45) is 1.25. The number of ether oxygens (including phenoxy) is 1. The van der Waals surface area contributed by atoms with Gasteiger partial charge in [-0.15, -0.1) is 0 Å². The molecular weight excluding hydrogens is 368 g/mol. The van der Waals surface area contributed by atoms with Crippen LogP contribution in [-0.4, -0.2) is 19.9 Å². The highest BCUT2D eigenvalue weighted by atomic mass is 35.5. The number of H-pyrrole nitrogens is 2. The molecule has 0 aliphatic heterocycles. The molecule has 2 aromatic heterocycles. The minimum absolute atomic E-state index is 0.0112. The van der Waals surface area contributed by atoms with Gasteiger partial charge in [0, 0.05) is 12.2 Å². The highest BCUT2D eigenvalue weighted by molar-refractivity contribution is 6.30. The fourth-order valence-electron chi connectivity index (χ4n) is 2.50. The molecule has 4 aromatic rings. The Hall–Kier alpha value is -3.52. The van der Waals surface area contributed by atoms with Gasteiger partial charge in [-0.2, -0.15) is 0 Å². The zero-order chi connectivity index (χ0) is 18.8. The van der Waals surface area contributed by atoms with Crippen LogP contribution in [0.15, 0.2) is 53.5 Å². The summed E-state index contributed by atoms with van der Waals surface area (Å²) in [5.74, 6) is 1.21. The molecule has 136 valence electrons. The fraction of sp³-hybridized carbons (Fsp3) is 0.0556. The Labute approximate surface area is 158 Å². The summed E-state index contributed by atoms with van der Waals surface area (Å²) in [6, 6.07) is 13.0. The van der Waals surface area contributed by atoms with Gasteiger partial charge in [0.05, 0.1) is 17.2 Å². The Bertz CT molecular complexity index is 1150. The second kappa shape index (κ2) is 7.00. The molecule has 4 rings (SSSR count). The maximum absolute atomic E-state index is 11.5. The van der Waals surface area contributed by atoms with Crippen molar-refractivity contribution in [3.8, 4) is 11.8 Å². The minimum Gasteiger partial charge on any atom is -0.426 e. The van der Waals surface area contributed by atoms with Crippen LogP contribution in [0.2, 0.25) is 5.02 Å². The zero-order valence-corrected chi connectivity index (χ0v) is 14.7. The first-order chi connectivity index (χ1) is 13.1. The lowest BCUT2D eigenvalue weighted by Gasteiger charge is -2.06. The van der Waals surface area contributed by atoms with E-state index in [1.807, 2.05) is 30.3 Å². The smallest absolute Gasteiger partial charge is 0.302 e. The number of anilines is 2. The molecule has 0 saturated carbocycles. The summed E-state index contributed by atoms with van der Waals surface area (Å²) < 4.78 is 5.51. The number of imidazole rings is 1. The number of nitrogens with one attached hydrogen (secondary N) is 3. The third kappa shape index (κ3) is 3.85. The van der Waals surface area contributed by atoms with E-state index in [1.54, 1.807) is 12.1 Å². The Morgan fingerprint density at radius 3 is 2.74 bits per heavy atom. The van der Waals surface area contributed by atoms with Gasteiger partial charge in [-0.25, -0.2) is 9.97 Å². The molecule has 0 radical (unpaired) electrons. The third-order valence-electron chi connectivity index (χ3n) is 3.84. The molecule has 0 aliphatic rings. The second-order valence-electron chi connectivity index (χ2n) is 5.83. The van der Waals surface area contributed by atoms with Gasteiger partial charge in [-0.05, 0) is 35.9 Å². The van der Waals surface area contributed by atoms with E-state index in [2.05, 4.69) is 25.3 Å². The van der Waals surface area contributed by atoms with Gasteiger partial charge in [-0.1, -0.05) is 23.7 Å². The summed E-state index contributed by atoms with van der Waals surface area (Å²) in [5, 5.41) is 3.24. The van der Waals surface area contributed by atoms with E-state index >= 15 is 0 Å². The van der Waals surface area contributed by atoms with Crippen molar-refractivity contribution in [2.45, 2.75) is 6.54 Å². The summed E-state index contributed by atoms with van der Waals surface area (Å²) >= 11 is 5.64. The molecule has 5 N–H and O–H groups in total. The van der Waals surface area contributed by atoms with Crippen LogP contribution in [0.25, 0.3) is 11.0 Å². The molecule has 0 amide bonds. The lowest BCUT2D eigenvalue weighted by Crippen LogP contribution is -2.08. The zero-order valence-electron chi connectivity index (χ0n) is 14.0. The van der Waals surface area contributed by atoms with Gasteiger partial charge < -0.3 is 20.8 Å². The van der Waals surface area contributed by atoms with Crippen LogP contribution < -0.4 is 21.3 Å². The molecule has 0 aliphatic carbocycles. The molecule has 0 fully saturated rings. The van der Waals surface area contributed by atoms with Gasteiger partial charge in [0.15, 0.2) is 0 Å². The van der Waals surface area contributed by atoms with Crippen LogP contribution in [0.1, 0.15) is 5.56 Å². The molecule has 0 spiro atoms. The average Bonchev–Trinajstić information content (AvgIpc) is 3.06. The van der Waals surface area contributed by atoms with E-state index in [4.69, 9.17) is 22.1 Å². The van der Waals surface area contributed by atoms with Crippen LogP contribution in [0, 0.1) is 0 Å². The van der Waals surface area contributed by atoms with Crippen LogP contribution in [0.3, 0.4) is 0 Å². The van der Waals surface area contributed by atoms with Crippen LogP contribution in [0.5, 0.6) is 11.8 Å². The number of nitrogens with zero attached hydrogens (tertiary/aromatic N) is 2. The number of fused-ring (bicyclic) bond motifs is 1. The first kappa shape index (κ1) is 16.9. The predicted octanol–water partition coefficient (Wildman–Crippen LogP) is 3.29. The summed E-state index contributed by atoms with van der Waals surface area (Å²) in [6.45, 7) is 0.575. The number of nitrogen functional groups attached to an aromatic ring is 1. The Kier molecular flexibility index (Phi) is 4.39. The first-order valence-electron chi connectivity index (χ1n) is 8.07. The standard InChI is InChI=1S/C18H15ClN6O2/c19-13-9-22-18(25-16(13)26)27-12-4-1-10(2-5-12)8-21-17-23-14-6-3-11(20)7-15(14)24-17/h1-7,9H,8,20H2,(H2,21,23,24)(H,22,25,26). The number of hydrogen-bond donors (Lipinski definition) is 4. The SMILES string of the molecule is Nc1ccc2nc(NCc3ccc(Oc4ncc(Cl)c(=O)[nH]4)cc3)[nH]c2c1. The molecule has 0 unspecified atom stereocenters. The van der Waals surface area contributed by atoms with Crippen LogP contribution >= 0.6 is 11.6 Å². The maximum Gasteiger partial charge on any atom is 0.302 e. The predicted molar refractivity (Wildman–Crippen MR) is 104 cm³/mol. The van der Waals surface area contributed by atoms with Crippen LogP contribution in [0.4, 0.5) is 11.6 Å². The van der Waals surface area contributed by atoms with Crippen molar-refractivity contribution in [3.05, 3.63) is 69.6 Å². The Morgan fingerprint density at radius 2 is 1.96 bits per heavy atom. The lowest BCUT2D eigenvalue weighted by atomic mass is 10.2. The number of benzene rings is 2. The molecule has 0 saturated heterocycles. The number of aromatic nitrogens is 4. The lowest BCUT2D eigenvalue weighted by molar-refractivity contribution is 0.440.